The molecular formula is C15H18N2O2. The second kappa shape index (κ2) is 5.71. The topological polar surface area (TPSA) is 65.4 Å². The SMILES string of the molecule is CC(N[C@H](C)c1cccnc1)c1cc(O)ccc1O. The van der Waals surface area contributed by atoms with Crippen molar-refractivity contribution >= 4 is 0 Å². The highest BCUT2D eigenvalue weighted by molar-refractivity contribution is 5.40. The van der Waals surface area contributed by atoms with Crippen molar-refractivity contribution in [3.8, 4) is 11.5 Å². The van der Waals surface area contributed by atoms with Gasteiger partial charge < -0.3 is 15.5 Å². The lowest BCUT2D eigenvalue weighted by Crippen LogP contribution is -2.22. The molecule has 0 amide bonds. The maximum absolute atomic E-state index is 9.83. The Morgan fingerprint density at radius 2 is 1.89 bits per heavy atom. The summed E-state index contributed by atoms with van der Waals surface area (Å²) >= 11 is 0. The van der Waals surface area contributed by atoms with E-state index in [2.05, 4.69) is 10.3 Å². The summed E-state index contributed by atoms with van der Waals surface area (Å²) in [7, 11) is 0. The predicted molar refractivity (Wildman–Crippen MR) is 74.0 cm³/mol. The summed E-state index contributed by atoms with van der Waals surface area (Å²) < 4.78 is 0. The van der Waals surface area contributed by atoms with E-state index in [0.717, 1.165) is 5.56 Å². The minimum Gasteiger partial charge on any atom is -0.508 e. The Kier molecular flexibility index (Phi) is 4.02. The molecule has 100 valence electrons. The van der Waals surface area contributed by atoms with Gasteiger partial charge in [0, 0.05) is 30.0 Å². The van der Waals surface area contributed by atoms with Crippen LogP contribution in [0, 0.1) is 0 Å². The van der Waals surface area contributed by atoms with Gasteiger partial charge in [-0.25, -0.2) is 0 Å². The van der Waals surface area contributed by atoms with Crippen LogP contribution in [0.2, 0.25) is 0 Å². The number of phenols is 2. The van der Waals surface area contributed by atoms with Crippen LogP contribution in [0.3, 0.4) is 0 Å². The predicted octanol–water partition coefficient (Wildman–Crippen LogP) is 2.90. The minimum atomic E-state index is -0.0812. The Hall–Kier alpha value is -2.07. The van der Waals surface area contributed by atoms with Gasteiger partial charge in [-0.15, -0.1) is 0 Å². The summed E-state index contributed by atoms with van der Waals surface area (Å²) in [4.78, 5) is 4.09. The van der Waals surface area contributed by atoms with Crippen LogP contribution >= 0.6 is 0 Å². The fourth-order valence-corrected chi connectivity index (χ4v) is 2.08. The van der Waals surface area contributed by atoms with Crippen LogP contribution in [-0.2, 0) is 0 Å². The highest BCUT2D eigenvalue weighted by atomic mass is 16.3. The van der Waals surface area contributed by atoms with Crippen LogP contribution in [0.4, 0.5) is 0 Å². The Bertz CT molecular complexity index is 543. The third kappa shape index (κ3) is 3.23. The quantitative estimate of drug-likeness (QED) is 0.738. The van der Waals surface area contributed by atoms with Crippen LogP contribution < -0.4 is 5.32 Å². The molecule has 4 heteroatoms. The number of aromatic hydroxyl groups is 2. The van der Waals surface area contributed by atoms with Crippen molar-refractivity contribution in [2.75, 3.05) is 0 Å². The third-order valence-electron chi connectivity index (χ3n) is 3.16. The Balaban J connectivity index is 2.13. The van der Waals surface area contributed by atoms with Crippen molar-refractivity contribution in [3.05, 3.63) is 53.9 Å². The summed E-state index contributed by atoms with van der Waals surface area (Å²) in [6, 6.07) is 8.45. The van der Waals surface area contributed by atoms with E-state index < -0.39 is 0 Å². The van der Waals surface area contributed by atoms with Crippen LogP contribution in [-0.4, -0.2) is 15.2 Å². The maximum atomic E-state index is 9.83. The highest BCUT2D eigenvalue weighted by Gasteiger charge is 2.14. The standard InChI is InChI=1S/C15H18N2O2/c1-10(12-4-3-7-16-9-12)17-11(2)14-8-13(18)5-6-15(14)19/h3-11,17-19H,1-2H3/t10-,11?/m1/s1. The van der Waals surface area contributed by atoms with E-state index in [1.54, 1.807) is 12.3 Å². The molecule has 0 spiro atoms. The zero-order valence-corrected chi connectivity index (χ0v) is 11.0. The van der Waals surface area contributed by atoms with Gasteiger partial charge in [0.25, 0.3) is 0 Å². The van der Waals surface area contributed by atoms with Crippen molar-refractivity contribution in [2.24, 2.45) is 0 Å². The second-order valence-electron chi connectivity index (χ2n) is 4.64. The second-order valence-corrected chi connectivity index (χ2v) is 4.64. The first-order valence-corrected chi connectivity index (χ1v) is 6.26. The summed E-state index contributed by atoms with van der Waals surface area (Å²) in [6.07, 6.45) is 3.55. The highest BCUT2D eigenvalue weighted by Crippen LogP contribution is 2.29. The third-order valence-corrected chi connectivity index (χ3v) is 3.16. The van der Waals surface area contributed by atoms with Crippen molar-refractivity contribution in [1.82, 2.24) is 10.3 Å². The molecule has 2 atom stereocenters. The molecule has 0 fully saturated rings. The van der Waals surface area contributed by atoms with Gasteiger partial charge >= 0.3 is 0 Å². The first kappa shape index (κ1) is 13.4. The fourth-order valence-electron chi connectivity index (χ4n) is 2.08. The van der Waals surface area contributed by atoms with Gasteiger partial charge in [0.1, 0.15) is 11.5 Å². The first-order chi connectivity index (χ1) is 9.08. The van der Waals surface area contributed by atoms with Crippen molar-refractivity contribution in [3.63, 3.8) is 0 Å². The number of hydrogen-bond donors (Lipinski definition) is 3. The average Bonchev–Trinajstić information content (AvgIpc) is 2.42. The molecule has 1 unspecified atom stereocenters. The number of benzene rings is 1. The summed E-state index contributed by atoms with van der Waals surface area (Å²) in [5, 5.41) is 22.7. The number of nitrogens with one attached hydrogen (secondary N) is 1. The Morgan fingerprint density at radius 3 is 2.58 bits per heavy atom. The zero-order chi connectivity index (χ0) is 13.8. The van der Waals surface area contributed by atoms with Crippen LogP contribution in [0.15, 0.2) is 42.7 Å². The van der Waals surface area contributed by atoms with E-state index in [-0.39, 0.29) is 23.6 Å². The fraction of sp³-hybridized carbons (Fsp3) is 0.267. The smallest absolute Gasteiger partial charge is 0.120 e. The summed E-state index contributed by atoms with van der Waals surface area (Å²) in [6.45, 7) is 3.98. The lowest BCUT2D eigenvalue weighted by Gasteiger charge is -2.21. The molecule has 0 saturated carbocycles. The molecule has 2 rings (SSSR count). The average molecular weight is 258 g/mol. The molecule has 4 nitrogen and oxygen atoms in total. The van der Waals surface area contributed by atoms with Crippen molar-refractivity contribution in [1.29, 1.82) is 0 Å². The first-order valence-electron chi connectivity index (χ1n) is 6.26. The zero-order valence-electron chi connectivity index (χ0n) is 11.0. The largest absolute Gasteiger partial charge is 0.508 e. The molecule has 1 heterocycles. The molecule has 1 aromatic carbocycles. The number of aromatic nitrogens is 1. The summed E-state index contributed by atoms with van der Waals surface area (Å²) in [5.41, 5.74) is 1.75. The van der Waals surface area contributed by atoms with Gasteiger partial charge in [-0.05, 0) is 43.7 Å². The molecular weight excluding hydrogens is 240 g/mol. The molecule has 0 bridgehead atoms. The van der Waals surface area contributed by atoms with E-state index >= 15 is 0 Å². The van der Waals surface area contributed by atoms with Crippen LogP contribution in [0.1, 0.15) is 37.1 Å². The van der Waals surface area contributed by atoms with E-state index in [1.807, 2.05) is 32.2 Å². The van der Waals surface area contributed by atoms with E-state index in [4.69, 9.17) is 0 Å². The van der Waals surface area contributed by atoms with Gasteiger partial charge in [-0.1, -0.05) is 6.07 Å². The van der Waals surface area contributed by atoms with Gasteiger partial charge in [0.15, 0.2) is 0 Å². The normalized spacial score (nSPS) is 14.0. The molecule has 1 aromatic heterocycles. The van der Waals surface area contributed by atoms with Gasteiger partial charge in [-0.2, -0.15) is 0 Å². The molecule has 2 aromatic rings. The maximum Gasteiger partial charge on any atom is 0.120 e. The molecule has 0 aliphatic rings. The van der Waals surface area contributed by atoms with Gasteiger partial charge in [0.05, 0.1) is 0 Å². The van der Waals surface area contributed by atoms with E-state index in [0.29, 0.717) is 5.56 Å². The lowest BCUT2D eigenvalue weighted by atomic mass is 10.0. The van der Waals surface area contributed by atoms with E-state index in [1.165, 1.54) is 12.1 Å². The number of pyridine rings is 1. The summed E-state index contributed by atoms with van der Waals surface area (Å²) in [5.74, 6) is 0.326. The molecule has 0 aliphatic carbocycles. The Morgan fingerprint density at radius 1 is 1.11 bits per heavy atom. The molecule has 0 saturated heterocycles. The van der Waals surface area contributed by atoms with E-state index in [9.17, 15) is 10.2 Å². The lowest BCUT2D eigenvalue weighted by molar-refractivity contribution is 0.429. The number of nitrogens with zero attached hydrogens (tertiary/aromatic N) is 1. The van der Waals surface area contributed by atoms with Crippen LogP contribution in [0.25, 0.3) is 0 Å². The number of hydrogen-bond acceptors (Lipinski definition) is 4. The molecule has 19 heavy (non-hydrogen) atoms. The van der Waals surface area contributed by atoms with Gasteiger partial charge in [0.2, 0.25) is 0 Å². The monoisotopic (exact) mass is 258 g/mol. The number of phenolic OH excluding ortho intramolecular Hbond substituents is 2. The molecule has 3 N–H and O–H groups in total. The molecule has 0 aliphatic heterocycles. The van der Waals surface area contributed by atoms with Crippen molar-refractivity contribution in [2.45, 2.75) is 25.9 Å². The number of rotatable bonds is 4. The molecule has 0 radical (unpaired) electrons. The van der Waals surface area contributed by atoms with Gasteiger partial charge in [-0.3, -0.25) is 4.98 Å². The van der Waals surface area contributed by atoms with Crippen LogP contribution in [0.5, 0.6) is 11.5 Å². The Labute approximate surface area is 112 Å². The van der Waals surface area contributed by atoms with Crippen molar-refractivity contribution < 1.29 is 10.2 Å². The minimum absolute atomic E-state index is 0.0812.